The first-order valence-corrected chi connectivity index (χ1v) is 5.10. The fourth-order valence-corrected chi connectivity index (χ4v) is 1.42. The highest BCUT2D eigenvalue weighted by Crippen LogP contribution is 2.12. The topological polar surface area (TPSA) is 85.8 Å². The van der Waals surface area contributed by atoms with Crippen molar-refractivity contribution in [1.82, 2.24) is 14.8 Å². The van der Waals surface area contributed by atoms with Gasteiger partial charge in [0.15, 0.2) is 0 Å². The lowest BCUT2D eigenvalue weighted by Gasteiger charge is -2.04. The van der Waals surface area contributed by atoms with Crippen molar-refractivity contribution in [3.63, 3.8) is 0 Å². The number of nitrogens with two attached hydrogens (primary N) is 1. The van der Waals surface area contributed by atoms with Crippen LogP contribution in [0.2, 0.25) is 0 Å². The Labute approximate surface area is 98.5 Å². The lowest BCUT2D eigenvalue weighted by molar-refractivity contribution is 0.102. The summed E-state index contributed by atoms with van der Waals surface area (Å²) in [5, 5.41) is 6.58. The van der Waals surface area contributed by atoms with Gasteiger partial charge in [0.25, 0.3) is 5.91 Å². The van der Waals surface area contributed by atoms with Crippen LogP contribution in [-0.4, -0.2) is 20.7 Å². The number of nitrogen functional groups attached to an aromatic ring is 1. The van der Waals surface area contributed by atoms with Gasteiger partial charge in [-0.25, -0.2) is 4.98 Å². The summed E-state index contributed by atoms with van der Waals surface area (Å²) in [6.45, 7) is 1.86. The van der Waals surface area contributed by atoms with Crippen LogP contribution in [0.5, 0.6) is 0 Å². The van der Waals surface area contributed by atoms with Crippen molar-refractivity contribution in [1.29, 1.82) is 0 Å². The van der Waals surface area contributed by atoms with Gasteiger partial charge in [0, 0.05) is 12.7 Å². The number of nitrogens with zero attached hydrogens (tertiary/aromatic N) is 3. The van der Waals surface area contributed by atoms with Gasteiger partial charge in [-0.05, 0) is 19.1 Å². The van der Waals surface area contributed by atoms with E-state index in [1.54, 1.807) is 13.1 Å². The van der Waals surface area contributed by atoms with E-state index < -0.39 is 0 Å². The van der Waals surface area contributed by atoms with Crippen LogP contribution < -0.4 is 11.1 Å². The molecule has 0 aliphatic rings. The maximum atomic E-state index is 11.9. The Bertz CT molecular complexity index is 561. The SMILES string of the molecule is Cc1cccc(NC(=O)c2cnn(C)c2N)n1. The number of hydrogen-bond acceptors (Lipinski definition) is 4. The van der Waals surface area contributed by atoms with Crippen LogP contribution in [0.15, 0.2) is 24.4 Å². The third-order valence-electron chi connectivity index (χ3n) is 2.36. The molecule has 0 radical (unpaired) electrons. The summed E-state index contributed by atoms with van der Waals surface area (Å²) < 4.78 is 1.44. The molecule has 0 unspecified atom stereocenters. The average molecular weight is 231 g/mol. The molecule has 0 fully saturated rings. The van der Waals surface area contributed by atoms with Crippen LogP contribution in [0.4, 0.5) is 11.6 Å². The molecular weight excluding hydrogens is 218 g/mol. The Balaban J connectivity index is 2.20. The van der Waals surface area contributed by atoms with Gasteiger partial charge in [0.1, 0.15) is 17.2 Å². The molecule has 2 aromatic heterocycles. The molecule has 0 spiro atoms. The molecule has 3 N–H and O–H groups in total. The molecule has 6 heteroatoms. The van der Waals surface area contributed by atoms with Gasteiger partial charge < -0.3 is 11.1 Å². The molecule has 1 amide bonds. The molecule has 0 aliphatic heterocycles. The predicted octanol–water partition coefficient (Wildman–Crippen LogP) is 0.958. The van der Waals surface area contributed by atoms with Crippen LogP contribution >= 0.6 is 0 Å². The Hall–Kier alpha value is -2.37. The number of aromatic nitrogens is 3. The quantitative estimate of drug-likeness (QED) is 0.806. The number of hydrogen-bond donors (Lipinski definition) is 2. The zero-order valence-electron chi connectivity index (χ0n) is 9.64. The minimum Gasteiger partial charge on any atom is -0.383 e. The Morgan fingerprint density at radius 1 is 1.47 bits per heavy atom. The molecule has 2 heterocycles. The lowest BCUT2D eigenvalue weighted by atomic mass is 10.3. The van der Waals surface area contributed by atoms with Gasteiger partial charge in [0.2, 0.25) is 0 Å². The van der Waals surface area contributed by atoms with E-state index in [4.69, 9.17) is 5.73 Å². The van der Waals surface area contributed by atoms with Crippen molar-refractivity contribution in [3.05, 3.63) is 35.7 Å². The van der Waals surface area contributed by atoms with Gasteiger partial charge in [-0.3, -0.25) is 9.48 Å². The standard InChI is InChI=1S/C11H13N5O/c1-7-4-3-5-9(14-7)15-11(17)8-6-13-16(2)10(8)12/h3-6H,12H2,1-2H3,(H,14,15,17). The smallest absolute Gasteiger partial charge is 0.262 e. The van der Waals surface area contributed by atoms with E-state index in [2.05, 4.69) is 15.4 Å². The Morgan fingerprint density at radius 3 is 2.82 bits per heavy atom. The molecule has 0 atom stereocenters. The third-order valence-corrected chi connectivity index (χ3v) is 2.36. The normalized spacial score (nSPS) is 10.2. The number of carbonyl (C=O) groups is 1. The number of pyridine rings is 1. The molecule has 0 saturated carbocycles. The molecular formula is C11H13N5O. The molecule has 2 rings (SSSR count). The largest absolute Gasteiger partial charge is 0.383 e. The van der Waals surface area contributed by atoms with Crippen LogP contribution in [0.25, 0.3) is 0 Å². The van der Waals surface area contributed by atoms with Crippen LogP contribution in [0.3, 0.4) is 0 Å². The van der Waals surface area contributed by atoms with Gasteiger partial charge >= 0.3 is 0 Å². The number of aryl methyl sites for hydroxylation is 2. The number of carbonyl (C=O) groups excluding carboxylic acids is 1. The van der Waals surface area contributed by atoms with Gasteiger partial charge in [-0.15, -0.1) is 0 Å². The van der Waals surface area contributed by atoms with Gasteiger partial charge in [-0.2, -0.15) is 5.10 Å². The second-order valence-corrected chi connectivity index (χ2v) is 3.69. The zero-order valence-corrected chi connectivity index (χ0v) is 9.64. The predicted molar refractivity (Wildman–Crippen MR) is 64.5 cm³/mol. The second kappa shape index (κ2) is 4.25. The molecule has 88 valence electrons. The zero-order chi connectivity index (χ0) is 12.4. The molecule has 17 heavy (non-hydrogen) atoms. The van der Waals surface area contributed by atoms with Crippen LogP contribution in [0, 0.1) is 6.92 Å². The molecule has 6 nitrogen and oxygen atoms in total. The summed E-state index contributed by atoms with van der Waals surface area (Å²) in [5.41, 5.74) is 6.88. The van der Waals surface area contributed by atoms with E-state index in [0.717, 1.165) is 5.69 Å². The van der Waals surface area contributed by atoms with Crippen LogP contribution in [-0.2, 0) is 7.05 Å². The first-order valence-electron chi connectivity index (χ1n) is 5.10. The molecule has 0 saturated heterocycles. The number of nitrogens with one attached hydrogen (secondary N) is 1. The Morgan fingerprint density at radius 2 is 2.24 bits per heavy atom. The van der Waals surface area contributed by atoms with E-state index in [1.165, 1.54) is 10.9 Å². The maximum absolute atomic E-state index is 11.9. The number of anilines is 2. The van der Waals surface area contributed by atoms with Crippen LogP contribution in [0.1, 0.15) is 16.1 Å². The van der Waals surface area contributed by atoms with Gasteiger partial charge in [-0.1, -0.05) is 6.07 Å². The highest BCUT2D eigenvalue weighted by atomic mass is 16.1. The summed E-state index contributed by atoms with van der Waals surface area (Å²) in [4.78, 5) is 16.1. The van der Waals surface area contributed by atoms with Gasteiger partial charge in [0.05, 0.1) is 6.20 Å². The van der Waals surface area contributed by atoms with Crippen molar-refractivity contribution >= 4 is 17.5 Å². The van der Waals surface area contributed by atoms with Crippen molar-refractivity contribution in [2.45, 2.75) is 6.92 Å². The van der Waals surface area contributed by atoms with Crippen molar-refractivity contribution in [2.75, 3.05) is 11.1 Å². The lowest BCUT2D eigenvalue weighted by Crippen LogP contribution is -2.14. The number of rotatable bonds is 2. The summed E-state index contributed by atoms with van der Waals surface area (Å²) in [6, 6.07) is 5.40. The third kappa shape index (κ3) is 2.25. The molecule has 0 bridgehead atoms. The highest BCUT2D eigenvalue weighted by molar-refractivity contribution is 6.06. The van der Waals surface area contributed by atoms with Crippen molar-refractivity contribution in [3.8, 4) is 0 Å². The van der Waals surface area contributed by atoms with E-state index in [-0.39, 0.29) is 5.91 Å². The first kappa shape index (κ1) is 11.1. The summed E-state index contributed by atoms with van der Waals surface area (Å²) >= 11 is 0. The minimum atomic E-state index is -0.311. The van der Waals surface area contributed by atoms with E-state index >= 15 is 0 Å². The van der Waals surface area contributed by atoms with E-state index in [0.29, 0.717) is 17.2 Å². The van der Waals surface area contributed by atoms with Crippen molar-refractivity contribution < 1.29 is 4.79 Å². The summed E-state index contributed by atoms with van der Waals surface area (Å²) in [6.07, 6.45) is 1.43. The highest BCUT2D eigenvalue weighted by Gasteiger charge is 2.13. The minimum absolute atomic E-state index is 0.311. The fraction of sp³-hybridized carbons (Fsp3) is 0.182. The number of amides is 1. The Kier molecular flexibility index (Phi) is 2.78. The summed E-state index contributed by atoms with van der Waals surface area (Å²) in [5.74, 6) is 0.516. The maximum Gasteiger partial charge on any atom is 0.262 e. The first-order chi connectivity index (χ1) is 8.08. The molecule has 0 aliphatic carbocycles. The second-order valence-electron chi connectivity index (χ2n) is 3.69. The van der Waals surface area contributed by atoms with E-state index in [9.17, 15) is 4.79 Å². The average Bonchev–Trinajstić information content (AvgIpc) is 2.60. The molecule has 2 aromatic rings. The fourth-order valence-electron chi connectivity index (χ4n) is 1.42. The van der Waals surface area contributed by atoms with Crippen molar-refractivity contribution in [2.24, 2.45) is 7.05 Å². The monoisotopic (exact) mass is 231 g/mol. The molecule has 0 aromatic carbocycles. The van der Waals surface area contributed by atoms with E-state index in [1.807, 2.05) is 19.1 Å². The summed E-state index contributed by atoms with van der Waals surface area (Å²) in [7, 11) is 1.68.